The molecule has 1 aliphatic carbocycles. The average Bonchev–Trinajstić information content (AvgIpc) is 2.92. The Balaban J connectivity index is 1.54. The molecule has 17 heavy (non-hydrogen) atoms. The number of nitrogens with one attached hydrogen (secondary N) is 2. The van der Waals surface area contributed by atoms with Crippen LogP contribution in [0.3, 0.4) is 0 Å². The van der Waals surface area contributed by atoms with Gasteiger partial charge < -0.3 is 10.6 Å². The molecule has 3 rings (SSSR count). The highest BCUT2D eigenvalue weighted by Gasteiger charge is 2.40. The zero-order valence-corrected chi connectivity index (χ0v) is 9.86. The van der Waals surface area contributed by atoms with Gasteiger partial charge in [0.05, 0.1) is 5.92 Å². The van der Waals surface area contributed by atoms with Crippen LogP contribution < -0.4 is 10.6 Å². The lowest BCUT2D eigenvalue weighted by Gasteiger charge is -2.09. The third kappa shape index (κ3) is 2.34. The Hall–Kier alpha value is -1.35. The van der Waals surface area contributed by atoms with Crippen LogP contribution in [0.2, 0.25) is 0 Å². The summed E-state index contributed by atoms with van der Waals surface area (Å²) in [6.45, 7) is 1.82. The Morgan fingerprint density at radius 2 is 2.12 bits per heavy atom. The molecular weight excluding hydrogens is 212 g/mol. The van der Waals surface area contributed by atoms with Gasteiger partial charge in [-0.2, -0.15) is 0 Å². The summed E-state index contributed by atoms with van der Waals surface area (Å²) >= 11 is 0. The molecule has 90 valence electrons. The van der Waals surface area contributed by atoms with Crippen LogP contribution in [0.15, 0.2) is 30.3 Å². The van der Waals surface area contributed by atoms with Gasteiger partial charge in [0, 0.05) is 18.5 Å². The van der Waals surface area contributed by atoms with Crippen molar-refractivity contribution >= 4 is 5.91 Å². The lowest BCUT2D eigenvalue weighted by atomic mass is 10.1. The van der Waals surface area contributed by atoms with Gasteiger partial charge in [-0.1, -0.05) is 30.3 Å². The minimum Gasteiger partial charge on any atom is -0.352 e. The normalized spacial score (nSPS) is 31.2. The number of rotatable bonds is 3. The van der Waals surface area contributed by atoms with E-state index in [0.29, 0.717) is 12.0 Å². The van der Waals surface area contributed by atoms with Gasteiger partial charge in [0.25, 0.3) is 0 Å². The first-order valence-electron chi connectivity index (χ1n) is 6.40. The van der Waals surface area contributed by atoms with Crippen LogP contribution in [-0.2, 0) is 4.79 Å². The summed E-state index contributed by atoms with van der Waals surface area (Å²) in [6.07, 6.45) is 2.07. The molecule has 1 aliphatic heterocycles. The number of carbonyl (C=O) groups excluding carboxylic acids is 1. The molecule has 0 bridgehead atoms. The fourth-order valence-corrected chi connectivity index (χ4v) is 2.60. The minimum absolute atomic E-state index is 0.187. The first-order valence-corrected chi connectivity index (χ1v) is 6.40. The molecule has 3 heteroatoms. The van der Waals surface area contributed by atoms with Crippen molar-refractivity contribution in [1.29, 1.82) is 0 Å². The van der Waals surface area contributed by atoms with Crippen LogP contribution in [0, 0.1) is 5.92 Å². The smallest absolute Gasteiger partial charge is 0.224 e. The minimum atomic E-state index is 0.187. The second-order valence-corrected chi connectivity index (χ2v) is 5.06. The molecule has 1 aromatic rings. The SMILES string of the molecule is O=C(NC1CC1c1ccccc1)C1CCNC1. The predicted molar refractivity (Wildman–Crippen MR) is 66.7 cm³/mol. The summed E-state index contributed by atoms with van der Waals surface area (Å²) < 4.78 is 0. The highest BCUT2D eigenvalue weighted by atomic mass is 16.2. The summed E-state index contributed by atoms with van der Waals surface area (Å²) in [7, 11) is 0. The van der Waals surface area contributed by atoms with Crippen LogP contribution in [0.25, 0.3) is 0 Å². The van der Waals surface area contributed by atoms with Crippen LogP contribution in [0.5, 0.6) is 0 Å². The highest BCUT2D eigenvalue weighted by Crippen LogP contribution is 2.40. The van der Waals surface area contributed by atoms with Crippen LogP contribution in [0.4, 0.5) is 0 Å². The number of hydrogen-bond acceptors (Lipinski definition) is 2. The molecule has 3 atom stereocenters. The molecule has 2 fully saturated rings. The zero-order chi connectivity index (χ0) is 11.7. The number of carbonyl (C=O) groups is 1. The van der Waals surface area contributed by atoms with E-state index < -0.39 is 0 Å². The molecule has 0 aromatic heterocycles. The van der Waals surface area contributed by atoms with Gasteiger partial charge in [-0.15, -0.1) is 0 Å². The summed E-state index contributed by atoms with van der Waals surface area (Å²) in [5, 5.41) is 6.39. The van der Waals surface area contributed by atoms with Crippen LogP contribution >= 0.6 is 0 Å². The molecule has 1 aromatic carbocycles. The van der Waals surface area contributed by atoms with E-state index in [9.17, 15) is 4.79 Å². The van der Waals surface area contributed by atoms with E-state index >= 15 is 0 Å². The second-order valence-electron chi connectivity index (χ2n) is 5.06. The molecule has 1 saturated carbocycles. The van der Waals surface area contributed by atoms with Gasteiger partial charge in [0.1, 0.15) is 0 Å². The fraction of sp³-hybridized carbons (Fsp3) is 0.500. The van der Waals surface area contributed by atoms with Crippen molar-refractivity contribution < 1.29 is 4.79 Å². The van der Waals surface area contributed by atoms with E-state index in [1.807, 2.05) is 6.07 Å². The molecule has 1 saturated heterocycles. The van der Waals surface area contributed by atoms with E-state index in [2.05, 4.69) is 34.9 Å². The Morgan fingerprint density at radius 1 is 1.29 bits per heavy atom. The molecule has 2 aliphatic rings. The highest BCUT2D eigenvalue weighted by molar-refractivity contribution is 5.80. The van der Waals surface area contributed by atoms with Gasteiger partial charge >= 0.3 is 0 Å². The van der Waals surface area contributed by atoms with Crippen LogP contribution in [0.1, 0.15) is 24.3 Å². The Kier molecular flexibility index (Phi) is 2.85. The third-order valence-corrected chi connectivity index (χ3v) is 3.78. The van der Waals surface area contributed by atoms with E-state index in [4.69, 9.17) is 0 Å². The van der Waals surface area contributed by atoms with Gasteiger partial charge in [0.2, 0.25) is 5.91 Å². The zero-order valence-electron chi connectivity index (χ0n) is 9.86. The molecule has 3 nitrogen and oxygen atoms in total. The van der Waals surface area contributed by atoms with Gasteiger partial charge in [0.15, 0.2) is 0 Å². The predicted octanol–water partition coefficient (Wildman–Crippen LogP) is 1.27. The van der Waals surface area contributed by atoms with Crippen molar-refractivity contribution in [1.82, 2.24) is 10.6 Å². The molecule has 0 radical (unpaired) electrons. The first-order chi connectivity index (χ1) is 8.34. The third-order valence-electron chi connectivity index (χ3n) is 3.78. The quantitative estimate of drug-likeness (QED) is 0.821. The van der Waals surface area contributed by atoms with Crippen molar-refractivity contribution in [2.75, 3.05) is 13.1 Å². The summed E-state index contributed by atoms with van der Waals surface area (Å²) in [5.41, 5.74) is 1.35. The van der Waals surface area contributed by atoms with Crippen molar-refractivity contribution in [2.45, 2.75) is 24.8 Å². The molecule has 2 N–H and O–H groups in total. The number of hydrogen-bond donors (Lipinski definition) is 2. The van der Waals surface area contributed by atoms with Gasteiger partial charge in [-0.3, -0.25) is 4.79 Å². The van der Waals surface area contributed by atoms with Crippen molar-refractivity contribution in [3.63, 3.8) is 0 Å². The lowest BCUT2D eigenvalue weighted by Crippen LogP contribution is -2.34. The maximum atomic E-state index is 11.9. The molecule has 3 unspecified atom stereocenters. The average molecular weight is 230 g/mol. The lowest BCUT2D eigenvalue weighted by molar-refractivity contribution is -0.124. The maximum Gasteiger partial charge on any atom is 0.224 e. The maximum absolute atomic E-state index is 11.9. The molecule has 1 amide bonds. The number of amides is 1. The topological polar surface area (TPSA) is 41.1 Å². The van der Waals surface area contributed by atoms with Gasteiger partial charge in [-0.05, 0) is 24.9 Å². The summed E-state index contributed by atoms with van der Waals surface area (Å²) in [4.78, 5) is 11.9. The monoisotopic (exact) mass is 230 g/mol. The fourth-order valence-electron chi connectivity index (χ4n) is 2.60. The molecular formula is C14H18N2O. The Bertz CT molecular complexity index is 398. The van der Waals surface area contributed by atoms with Crippen molar-refractivity contribution in [3.05, 3.63) is 35.9 Å². The van der Waals surface area contributed by atoms with E-state index in [1.54, 1.807) is 0 Å². The molecule has 1 heterocycles. The van der Waals surface area contributed by atoms with E-state index in [0.717, 1.165) is 25.9 Å². The van der Waals surface area contributed by atoms with Crippen LogP contribution in [-0.4, -0.2) is 25.0 Å². The molecule has 0 spiro atoms. The largest absolute Gasteiger partial charge is 0.352 e. The van der Waals surface area contributed by atoms with Gasteiger partial charge in [-0.25, -0.2) is 0 Å². The van der Waals surface area contributed by atoms with E-state index in [1.165, 1.54) is 5.56 Å². The second kappa shape index (κ2) is 4.49. The summed E-state index contributed by atoms with van der Waals surface area (Å²) in [5.74, 6) is 0.958. The standard InChI is InChI=1S/C14H18N2O/c17-14(11-6-7-15-9-11)16-13-8-12(13)10-4-2-1-3-5-10/h1-5,11-13,15H,6-9H2,(H,16,17). The summed E-state index contributed by atoms with van der Waals surface area (Å²) in [6, 6.07) is 10.8. The van der Waals surface area contributed by atoms with Crippen molar-refractivity contribution in [3.8, 4) is 0 Å². The Labute approximate surface area is 102 Å². The Morgan fingerprint density at radius 3 is 2.82 bits per heavy atom. The first kappa shape index (κ1) is 10.8. The van der Waals surface area contributed by atoms with E-state index in [-0.39, 0.29) is 11.8 Å². The van der Waals surface area contributed by atoms with Crippen molar-refractivity contribution in [2.24, 2.45) is 5.92 Å². The number of benzene rings is 1.